The third-order valence-corrected chi connectivity index (χ3v) is 3.41. The zero-order chi connectivity index (χ0) is 12.3. The van der Waals surface area contributed by atoms with Gasteiger partial charge >= 0.3 is 0 Å². The first kappa shape index (κ1) is 12.5. The molecule has 1 aromatic heterocycles. The first-order valence-electron chi connectivity index (χ1n) is 5.70. The molecule has 2 rings (SSSR count). The summed E-state index contributed by atoms with van der Waals surface area (Å²) in [6, 6.07) is 0. The number of hydrogen-bond donors (Lipinski definition) is 2. The second-order valence-electron chi connectivity index (χ2n) is 4.14. The minimum Gasteiger partial charge on any atom is -0.387 e. The van der Waals surface area contributed by atoms with Gasteiger partial charge in [-0.3, -0.25) is 4.79 Å². The van der Waals surface area contributed by atoms with Crippen LogP contribution >= 0.6 is 11.3 Å². The lowest BCUT2D eigenvalue weighted by Crippen LogP contribution is -2.19. The number of carbonyl (C=O) groups is 1. The lowest BCUT2D eigenvalue weighted by Gasteiger charge is -2.07. The Labute approximate surface area is 104 Å². The number of anilines is 1. The molecule has 2 atom stereocenters. The predicted molar refractivity (Wildman–Crippen MR) is 65.0 cm³/mol. The molecule has 2 heterocycles. The summed E-state index contributed by atoms with van der Waals surface area (Å²) in [6.07, 6.45) is 1.80. The first-order valence-corrected chi connectivity index (χ1v) is 6.58. The van der Waals surface area contributed by atoms with Gasteiger partial charge in [0, 0.05) is 12.0 Å². The molecular formula is C11H16N2O3S. The Kier molecular flexibility index (Phi) is 4.09. The van der Waals surface area contributed by atoms with E-state index in [1.807, 2.05) is 0 Å². The van der Waals surface area contributed by atoms with E-state index in [9.17, 15) is 9.90 Å². The van der Waals surface area contributed by atoms with Crippen molar-refractivity contribution in [2.75, 3.05) is 11.9 Å². The zero-order valence-electron chi connectivity index (χ0n) is 9.68. The Morgan fingerprint density at radius 3 is 3.24 bits per heavy atom. The molecular weight excluding hydrogens is 240 g/mol. The van der Waals surface area contributed by atoms with Crippen LogP contribution in [0.4, 0.5) is 5.13 Å². The summed E-state index contributed by atoms with van der Waals surface area (Å²) < 4.78 is 5.39. The fraction of sp³-hybridized carbons (Fsp3) is 0.636. The van der Waals surface area contributed by atoms with Gasteiger partial charge in [0.25, 0.3) is 0 Å². The van der Waals surface area contributed by atoms with Crippen LogP contribution in [0.1, 0.15) is 38.0 Å². The predicted octanol–water partition coefficient (Wildman–Crippen LogP) is 1.70. The van der Waals surface area contributed by atoms with Gasteiger partial charge < -0.3 is 15.2 Å². The highest BCUT2D eigenvalue weighted by atomic mass is 32.1. The number of hydrogen-bond acceptors (Lipinski definition) is 5. The molecule has 1 aromatic rings. The van der Waals surface area contributed by atoms with Crippen molar-refractivity contribution in [3.05, 3.63) is 11.1 Å². The van der Waals surface area contributed by atoms with E-state index in [2.05, 4.69) is 10.3 Å². The van der Waals surface area contributed by atoms with Gasteiger partial charge in [-0.15, -0.1) is 11.3 Å². The summed E-state index contributed by atoms with van der Waals surface area (Å²) in [5.41, 5.74) is 0.586. The topological polar surface area (TPSA) is 71.5 Å². The third kappa shape index (κ3) is 3.49. The van der Waals surface area contributed by atoms with Gasteiger partial charge in [0.2, 0.25) is 5.91 Å². The standard InChI is InChI=1S/C11H16N2O3S/c1-7(14)9-6-17-11(12-9)13-10(15)5-8-3-2-4-16-8/h6-8,14H,2-5H2,1H3,(H,12,13,15). The maximum absolute atomic E-state index is 11.7. The monoisotopic (exact) mass is 256 g/mol. The van der Waals surface area contributed by atoms with Crippen molar-refractivity contribution >= 4 is 22.4 Å². The second-order valence-corrected chi connectivity index (χ2v) is 5.00. The number of amides is 1. The van der Waals surface area contributed by atoms with Crippen molar-refractivity contribution in [2.45, 2.75) is 38.4 Å². The van der Waals surface area contributed by atoms with Gasteiger partial charge in [-0.1, -0.05) is 0 Å². The molecule has 0 radical (unpaired) electrons. The van der Waals surface area contributed by atoms with Crippen molar-refractivity contribution in [3.63, 3.8) is 0 Å². The van der Waals surface area contributed by atoms with Crippen LogP contribution in [0.5, 0.6) is 0 Å². The summed E-state index contributed by atoms with van der Waals surface area (Å²) in [5, 5.41) is 14.3. The van der Waals surface area contributed by atoms with Crippen LogP contribution in [0.25, 0.3) is 0 Å². The van der Waals surface area contributed by atoms with E-state index < -0.39 is 6.10 Å². The molecule has 6 heteroatoms. The molecule has 1 aliphatic rings. The van der Waals surface area contributed by atoms with Crippen LogP contribution < -0.4 is 5.32 Å². The highest BCUT2D eigenvalue weighted by molar-refractivity contribution is 7.13. The smallest absolute Gasteiger partial charge is 0.228 e. The van der Waals surface area contributed by atoms with Crippen molar-refractivity contribution in [2.24, 2.45) is 0 Å². The molecule has 2 unspecified atom stereocenters. The average molecular weight is 256 g/mol. The molecule has 0 aromatic carbocycles. The van der Waals surface area contributed by atoms with Gasteiger partial charge in [-0.2, -0.15) is 0 Å². The van der Waals surface area contributed by atoms with Crippen molar-refractivity contribution in [1.29, 1.82) is 0 Å². The van der Waals surface area contributed by atoms with E-state index in [0.29, 0.717) is 17.2 Å². The Hall–Kier alpha value is -0.980. The minimum atomic E-state index is -0.602. The largest absolute Gasteiger partial charge is 0.387 e. The second kappa shape index (κ2) is 5.57. The molecule has 0 saturated carbocycles. The van der Waals surface area contributed by atoms with E-state index >= 15 is 0 Å². The molecule has 2 N–H and O–H groups in total. The Morgan fingerprint density at radius 1 is 1.82 bits per heavy atom. The van der Waals surface area contributed by atoms with Crippen LogP contribution in [0.15, 0.2) is 5.38 Å². The molecule has 1 amide bonds. The number of ether oxygens (including phenoxy) is 1. The lowest BCUT2D eigenvalue weighted by atomic mass is 10.2. The van der Waals surface area contributed by atoms with E-state index in [1.54, 1.807) is 12.3 Å². The Balaban J connectivity index is 1.84. The first-order chi connectivity index (χ1) is 8.15. The maximum atomic E-state index is 11.7. The number of aliphatic hydroxyl groups is 1. The molecule has 17 heavy (non-hydrogen) atoms. The molecule has 94 valence electrons. The van der Waals surface area contributed by atoms with E-state index in [-0.39, 0.29) is 12.0 Å². The number of nitrogens with zero attached hydrogens (tertiary/aromatic N) is 1. The number of carbonyl (C=O) groups excluding carboxylic acids is 1. The van der Waals surface area contributed by atoms with Gasteiger partial charge in [0.15, 0.2) is 5.13 Å². The normalized spacial score (nSPS) is 21.4. The Morgan fingerprint density at radius 2 is 2.65 bits per heavy atom. The molecule has 1 saturated heterocycles. The maximum Gasteiger partial charge on any atom is 0.228 e. The van der Waals surface area contributed by atoms with Crippen LogP contribution in [-0.4, -0.2) is 28.7 Å². The van der Waals surface area contributed by atoms with Crippen LogP contribution in [-0.2, 0) is 9.53 Å². The third-order valence-electron chi connectivity index (χ3n) is 2.63. The molecule has 0 spiro atoms. The number of rotatable bonds is 4. The number of nitrogens with one attached hydrogen (secondary N) is 1. The summed E-state index contributed by atoms with van der Waals surface area (Å²) in [7, 11) is 0. The van der Waals surface area contributed by atoms with Gasteiger partial charge in [0.05, 0.1) is 24.3 Å². The highest BCUT2D eigenvalue weighted by Crippen LogP contribution is 2.21. The quantitative estimate of drug-likeness (QED) is 0.860. The molecule has 5 nitrogen and oxygen atoms in total. The number of aliphatic hydroxyl groups excluding tert-OH is 1. The molecule has 0 aliphatic carbocycles. The van der Waals surface area contributed by atoms with Crippen molar-refractivity contribution in [3.8, 4) is 0 Å². The van der Waals surface area contributed by atoms with E-state index in [0.717, 1.165) is 19.4 Å². The van der Waals surface area contributed by atoms with E-state index in [1.165, 1.54) is 11.3 Å². The zero-order valence-corrected chi connectivity index (χ0v) is 10.5. The van der Waals surface area contributed by atoms with Gasteiger partial charge in [0.1, 0.15) is 0 Å². The minimum absolute atomic E-state index is 0.0474. The fourth-order valence-corrected chi connectivity index (χ4v) is 2.53. The molecule has 1 fully saturated rings. The molecule has 1 aliphatic heterocycles. The fourth-order valence-electron chi connectivity index (χ4n) is 1.72. The van der Waals surface area contributed by atoms with E-state index in [4.69, 9.17) is 4.74 Å². The van der Waals surface area contributed by atoms with Crippen molar-refractivity contribution in [1.82, 2.24) is 4.98 Å². The average Bonchev–Trinajstić information content (AvgIpc) is 2.88. The van der Waals surface area contributed by atoms with Crippen LogP contribution in [0, 0.1) is 0 Å². The lowest BCUT2D eigenvalue weighted by molar-refractivity contribution is -0.118. The summed E-state index contributed by atoms with van der Waals surface area (Å²) in [6.45, 7) is 2.40. The molecule has 0 bridgehead atoms. The summed E-state index contributed by atoms with van der Waals surface area (Å²) in [5.74, 6) is -0.0802. The SMILES string of the molecule is CC(O)c1csc(NC(=O)CC2CCCO2)n1. The van der Waals surface area contributed by atoms with Crippen molar-refractivity contribution < 1.29 is 14.6 Å². The number of aromatic nitrogens is 1. The summed E-state index contributed by atoms with van der Waals surface area (Å²) in [4.78, 5) is 15.8. The highest BCUT2D eigenvalue weighted by Gasteiger charge is 2.19. The number of thiazole rings is 1. The van der Waals surface area contributed by atoms with Crippen LogP contribution in [0.3, 0.4) is 0 Å². The Bertz CT molecular complexity index is 386. The van der Waals surface area contributed by atoms with Gasteiger partial charge in [-0.25, -0.2) is 4.98 Å². The summed E-state index contributed by atoms with van der Waals surface area (Å²) >= 11 is 1.32. The van der Waals surface area contributed by atoms with Crippen LogP contribution in [0.2, 0.25) is 0 Å². The van der Waals surface area contributed by atoms with Gasteiger partial charge in [-0.05, 0) is 19.8 Å².